The van der Waals surface area contributed by atoms with Gasteiger partial charge in [0.2, 0.25) is 0 Å². The van der Waals surface area contributed by atoms with Crippen LogP contribution in [0.4, 0.5) is 0 Å². The van der Waals surface area contributed by atoms with Gasteiger partial charge in [0, 0.05) is 5.56 Å². The monoisotopic (exact) mass is 407 g/mol. The van der Waals surface area contributed by atoms with E-state index in [-0.39, 0.29) is 21.0 Å². The molecule has 7 heteroatoms. The largest absolute Gasteiger partial charge is 0.452 e. The van der Waals surface area contributed by atoms with Crippen molar-refractivity contribution in [1.82, 2.24) is 5.32 Å². The van der Waals surface area contributed by atoms with Crippen molar-refractivity contribution in [2.24, 2.45) is 0 Å². The van der Waals surface area contributed by atoms with Crippen LogP contribution in [0.1, 0.15) is 47.1 Å². The number of rotatable bonds is 4. The van der Waals surface area contributed by atoms with Crippen molar-refractivity contribution in [3.05, 3.63) is 69.2 Å². The number of esters is 1. The van der Waals surface area contributed by atoms with Gasteiger partial charge in [0.05, 0.1) is 15.6 Å². The predicted octanol–water partition coefficient (Wildman–Crippen LogP) is 4.40. The van der Waals surface area contributed by atoms with E-state index in [0.29, 0.717) is 5.56 Å². The number of carbonyl (C=O) groups excluding carboxylic acids is 3. The number of carbonyl (C=O) groups is 3. The van der Waals surface area contributed by atoms with E-state index in [1.54, 1.807) is 18.2 Å². The highest BCUT2D eigenvalue weighted by Gasteiger charge is 2.19. The molecule has 0 aliphatic heterocycles. The third-order valence-corrected chi connectivity index (χ3v) is 4.40. The van der Waals surface area contributed by atoms with Crippen LogP contribution in [0.3, 0.4) is 0 Å². The highest BCUT2D eigenvalue weighted by molar-refractivity contribution is 6.39. The van der Waals surface area contributed by atoms with Crippen molar-refractivity contribution in [2.45, 2.75) is 26.2 Å². The molecule has 0 radical (unpaired) electrons. The summed E-state index contributed by atoms with van der Waals surface area (Å²) in [5, 5.41) is 2.40. The molecule has 1 N–H and O–H groups in total. The smallest absolute Gasteiger partial charge is 0.341 e. The zero-order valence-electron chi connectivity index (χ0n) is 15.1. The fraction of sp³-hybridized carbons (Fsp3) is 0.250. The Hall–Kier alpha value is -2.37. The van der Waals surface area contributed by atoms with Gasteiger partial charge in [-0.3, -0.25) is 14.9 Å². The Bertz CT molecular complexity index is 850. The van der Waals surface area contributed by atoms with Gasteiger partial charge < -0.3 is 4.74 Å². The summed E-state index contributed by atoms with van der Waals surface area (Å²) in [5.41, 5.74) is 1.32. The number of nitrogens with one attached hydrogen (secondary N) is 1. The Morgan fingerprint density at radius 2 is 1.52 bits per heavy atom. The second-order valence-electron chi connectivity index (χ2n) is 6.88. The summed E-state index contributed by atoms with van der Waals surface area (Å²) in [4.78, 5) is 36.0. The van der Waals surface area contributed by atoms with Crippen molar-refractivity contribution in [3.63, 3.8) is 0 Å². The number of hydrogen-bond donors (Lipinski definition) is 1. The lowest BCUT2D eigenvalue weighted by Gasteiger charge is -2.19. The van der Waals surface area contributed by atoms with Crippen LogP contribution in [0, 0.1) is 0 Å². The molecule has 5 nitrogen and oxygen atoms in total. The molecule has 0 unspecified atom stereocenters. The summed E-state index contributed by atoms with van der Waals surface area (Å²) in [6.45, 7) is 5.55. The number of halogens is 2. The first-order valence-corrected chi connectivity index (χ1v) is 8.91. The minimum absolute atomic E-state index is 0.0299. The Kier molecular flexibility index (Phi) is 6.63. The number of ether oxygens (including phenoxy) is 1. The van der Waals surface area contributed by atoms with Crippen molar-refractivity contribution in [2.75, 3.05) is 6.61 Å². The van der Waals surface area contributed by atoms with Gasteiger partial charge in [-0.2, -0.15) is 0 Å². The van der Waals surface area contributed by atoms with Crippen LogP contribution in [0.2, 0.25) is 10.0 Å². The van der Waals surface area contributed by atoms with Gasteiger partial charge in [0.25, 0.3) is 11.8 Å². The first kappa shape index (κ1) is 20.9. The molecule has 0 spiro atoms. The quantitative estimate of drug-likeness (QED) is 0.761. The van der Waals surface area contributed by atoms with Gasteiger partial charge in [0.1, 0.15) is 0 Å². The highest BCUT2D eigenvalue weighted by Crippen LogP contribution is 2.25. The minimum Gasteiger partial charge on any atom is -0.452 e. The lowest BCUT2D eigenvalue weighted by molar-refractivity contribution is -0.123. The Labute approximate surface area is 167 Å². The van der Waals surface area contributed by atoms with Gasteiger partial charge in [-0.1, -0.05) is 62.2 Å². The maximum absolute atomic E-state index is 12.1. The molecule has 2 aromatic carbocycles. The summed E-state index contributed by atoms with van der Waals surface area (Å²) in [6, 6.07) is 11.5. The fourth-order valence-electron chi connectivity index (χ4n) is 2.25. The first-order chi connectivity index (χ1) is 12.6. The van der Waals surface area contributed by atoms with Crippen molar-refractivity contribution >= 4 is 41.0 Å². The molecule has 0 aromatic heterocycles. The molecule has 2 amide bonds. The van der Waals surface area contributed by atoms with Crippen LogP contribution in [0.5, 0.6) is 0 Å². The van der Waals surface area contributed by atoms with E-state index >= 15 is 0 Å². The van der Waals surface area contributed by atoms with Crippen LogP contribution in [0.25, 0.3) is 0 Å². The normalized spacial score (nSPS) is 11.0. The van der Waals surface area contributed by atoms with E-state index in [4.69, 9.17) is 27.9 Å². The fourth-order valence-corrected chi connectivity index (χ4v) is 2.80. The number of amides is 2. The second kappa shape index (κ2) is 8.55. The first-order valence-electron chi connectivity index (χ1n) is 8.15. The molecule has 2 rings (SSSR count). The van der Waals surface area contributed by atoms with Gasteiger partial charge in [0.15, 0.2) is 6.61 Å². The molecule has 0 bridgehead atoms. The van der Waals surface area contributed by atoms with Crippen LogP contribution in [0.15, 0.2) is 42.5 Å². The van der Waals surface area contributed by atoms with Crippen molar-refractivity contribution < 1.29 is 19.1 Å². The molecule has 142 valence electrons. The number of hydrogen-bond acceptors (Lipinski definition) is 4. The molecule has 0 heterocycles. The average Bonchev–Trinajstić information content (AvgIpc) is 2.59. The molecule has 0 atom stereocenters. The maximum atomic E-state index is 12.1. The molecule has 2 aromatic rings. The molecule has 0 aliphatic rings. The molecular weight excluding hydrogens is 389 g/mol. The molecule has 0 fully saturated rings. The zero-order chi connectivity index (χ0) is 20.2. The summed E-state index contributed by atoms with van der Waals surface area (Å²) in [5.74, 6) is -2.17. The van der Waals surface area contributed by atoms with E-state index in [0.717, 1.165) is 5.56 Å². The van der Waals surface area contributed by atoms with Gasteiger partial charge in [-0.15, -0.1) is 0 Å². The van der Waals surface area contributed by atoms with E-state index in [9.17, 15) is 14.4 Å². The molecule has 0 saturated carbocycles. The van der Waals surface area contributed by atoms with Crippen LogP contribution in [-0.4, -0.2) is 24.4 Å². The van der Waals surface area contributed by atoms with Gasteiger partial charge in [-0.05, 0) is 35.2 Å². The standard InChI is InChI=1S/C20H19Cl2NO4/c1-20(2,3)13-9-7-12(8-10-13)18(25)23-16(24)11-27-19(26)17-14(21)5-4-6-15(17)22/h4-10H,11H2,1-3H3,(H,23,24,25). The second-order valence-corrected chi connectivity index (χ2v) is 7.69. The lowest BCUT2D eigenvalue weighted by Crippen LogP contribution is -2.34. The Morgan fingerprint density at radius 3 is 2.04 bits per heavy atom. The third-order valence-electron chi connectivity index (χ3n) is 3.77. The van der Waals surface area contributed by atoms with Crippen LogP contribution < -0.4 is 5.32 Å². The van der Waals surface area contributed by atoms with Crippen LogP contribution in [-0.2, 0) is 14.9 Å². The zero-order valence-corrected chi connectivity index (χ0v) is 16.6. The topological polar surface area (TPSA) is 72.5 Å². The van der Waals surface area contributed by atoms with E-state index in [2.05, 4.69) is 26.1 Å². The summed E-state index contributed by atoms with van der Waals surface area (Å²) >= 11 is 11.8. The van der Waals surface area contributed by atoms with E-state index < -0.39 is 24.4 Å². The Balaban J connectivity index is 1.93. The molecule has 27 heavy (non-hydrogen) atoms. The lowest BCUT2D eigenvalue weighted by atomic mass is 9.87. The maximum Gasteiger partial charge on any atom is 0.341 e. The summed E-state index contributed by atoms with van der Waals surface area (Å²) in [6.07, 6.45) is 0. The molecular formula is C20H19Cl2NO4. The highest BCUT2D eigenvalue weighted by atomic mass is 35.5. The van der Waals surface area contributed by atoms with E-state index in [1.807, 2.05) is 12.1 Å². The molecule has 0 saturated heterocycles. The van der Waals surface area contributed by atoms with Crippen molar-refractivity contribution in [3.8, 4) is 0 Å². The third kappa shape index (κ3) is 5.55. The predicted molar refractivity (Wildman–Crippen MR) is 104 cm³/mol. The summed E-state index contributed by atoms with van der Waals surface area (Å²) < 4.78 is 4.88. The summed E-state index contributed by atoms with van der Waals surface area (Å²) in [7, 11) is 0. The van der Waals surface area contributed by atoms with Crippen molar-refractivity contribution in [1.29, 1.82) is 0 Å². The molecule has 0 aliphatic carbocycles. The Morgan fingerprint density at radius 1 is 0.963 bits per heavy atom. The van der Waals surface area contributed by atoms with Crippen LogP contribution >= 0.6 is 23.2 Å². The van der Waals surface area contributed by atoms with E-state index in [1.165, 1.54) is 12.1 Å². The number of benzene rings is 2. The minimum atomic E-state index is -0.845. The number of imide groups is 1. The van der Waals surface area contributed by atoms with Gasteiger partial charge in [-0.25, -0.2) is 4.79 Å². The SMILES string of the molecule is CC(C)(C)c1ccc(C(=O)NC(=O)COC(=O)c2c(Cl)cccc2Cl)cc1. The average molecular weight is 408 g/mol. The van der Waals surface area contributed by atoms with Gasteiger partial charge >= 0.3 is 5.97 Å².